The Labute approximate surface area is 156 Å². The van der Waals surface area contributed by atoms with Gasteiger partial charge in [0.15, 0.2) is 11.5 Å². The van der Waals surface area contributed by atoms with E-state index in [2.05, 4.69) is 10.6 Å². The average molecular weight is 377 g/mol. The van der Waals surface area contributed by atoms with Gasteiger partial charge in [-0.2, -0.15) is 0 Å². The van der Waals surface area contributed by atoms with E-state index in [9.17, 15) is 14.4 Å². The van der Waals surface area contributed by atoms with E-state index >= 15 is 0 Å². The second-order valence-corrected chi connectivity index (χ2v) is 6.63. The van der Waals surface area contributed by atoms with Crippen LogP contribution in [0.15, 0.2) is 18.2 Å². The van der Waals surface area contributed by atoms with Gasteiger partial charge in [-0.1, -0.05) is 0 Å². The summed E-state index contributed by atoms with van der Waals surface area (Å²) in [6.07, 6.45) is 2.49. The van der Waals surface area contributed by atoms with E-state index in [1.807, 2.05) is 0 Å². The number of carboxylic acid groups (broad SMARTS) is 1. The number of carboxylic acids is 1. The summed E-state index contributed by atoms with van der Waals surface area (Å²) in [6, 6.07) is 3.59. The number of nitrogens with zero attached hydrogens (tertiary/aromatic N) is 1. The van der Waals surface area contributed by atoms with Crippen LogP contribution in [0.4, 0.5) is 10.5 Å². The first-order valence-electron chi connectivity index (χ1n) is 8.93. The minimum Gasteiger partial charge on any atom is -0.490 e. The highest BCUT2D eigenvalue weighted by atomic mass is 16.5. The van der Waals surface area contributed by atoms with Crippen molar-refractivity contribution in [1.29, 1.82) is 0 Å². The Hall–Kier alpha value is -2.81. The van der Waals surface area contributed by atoms with Crippen LogP contribution >= 0.6 is 0 Å². The van der Waals surface area contributed by atoms with Crippen LogP contribution in [0.5, 0.6) is 11.5 Å². The molecule has 27 heavy (non-hydrogen) atoms. The van der Waals surface area contributed by atoms with Gasteiger partial charge in [0.1, 0.15) is 6.04 Å². The maximum Gasteiger partial charge on any atom is 0.325 e. The van der Waals surface area contributed by atoms with Gasteiger partial charge in [0.05, 0.1) is 19.8 Å². The van der Waals surface area contributed by atoms with Crippen LogP contribution in [0.3, 0.4) is 0 Å². The molecule has 1 heterocycles. The van der Waals surface area contributed by atoms with Crippen LogP contribution in [0.25, 0.3) is 0 Å². The molecule has 9 heteroatoms. The molecule has 9 nitrogen and oxygen atoms in total. The summed E-state index contributed by atoms with van der Waals surface area (Å²) < 4.78 is 11.1. The van der Waals surface area contributed by atoms with E-state index in [-0.39, 0.29) is 12.6 Å². The molecule has 3 N–H and O–H groups in total. The van der Waals surface area contributed by atoms with Gasteiger partial charge in [-0.25, -0.2) is 4.79 Å². The van der Waals surface area contributed by atoms with Crippen LogP contribution in [-0.4, -0.2) is 59.8 Å². The Bertz CT molecular complexity index is 734. The number of hydrogen-bond donors (Lipinski definition) is 3. The zero-order chi connectivity index (χ0) is 19.4. The van der Waals surface area contributed by atoms with Gasteiger partial charge in [-0.15, -0.1) is 0 Å². The number of carbonyl (C=O) groups is 3. The van der Waals surface area contributed by atoms with E-state index in [0.29, 0.717) is 30.4 Å². The highest BCUT2D eigenvalue weighted by Gasteiger charge is 2.36. The molecular formula is C18H23N3O6. The van der Waals surface area contributed by atoms with E-state index in [0.717, 1.165) is 19.3 Å². The average Bonchev–Trinajstić information content (AvgIpc) is 3.45. The predicted molar refractivity (Wildman–Crippen MR) is 96.0 cm³/mol. The summed E-state index contributed by atoms with van der Waals surface area (Å²) in [4.78, 5) is 37.0. The number of benzene rings is 1. The lowest BCUT2D eigenvalue weighted by Crippen LogP contribution is -2.48. The molecule has 0 saturated heterocycles. The molecule has 1 saturated carbocycles. The van der Waals surface area contributed by atoms with Crippen LogP contribution < -0.4 is 20.1 Å². The highest BCUT2D eigenvalue weighted by molar-refractivity contribution is 6.02. The number of anilines is 1. The number of urea groups is 1. The Morgan fingerprint density at radius 1 is 1.22 bits per heavy atom. The number of hydrogen-bond acceptors (Lipinski definition) is 6. The normalized spacial score (nSPS) is 17.0. The van der Waals surface area contributed by atoms with Crippen molar-refractivity contribution in [3.8, 4) is 11.5 Å². The number of aliphatic carboxylic acids is 1. The summed E-state index contributed by atoms with van der Waals surface area (Å²) in [5.74, 6) is -0.405. The SMILES string of the molecule is CC(C(=O)O)N(CC(=O)NC(=O)Nc1ccc2c(c1)OCCCO2)C1CC1. The Kier molecular flexibility index (Phi) is 5.80. The maximum absolute atomic E-state index is 12.1. The maximum atomic E-state index is 12.1. The molecule has 2 aliphatic rings. The first-order chi connectivity index (χ1) is 12.9. The molecule has 1 fully saturated rings. The quantitative estimate of drug-likeness (QED) is 0.686. The lowest BCUT2D eigenvalue weighted by molar-refractivity contribution is -0.143. The molecule has 1 aliphatic heterocycles. The second-order valence-electron chi connectivity index (χ2n) is 6.63. The molecule has 1 atom stereocenters. The predicted octanol–water partition coefficient (Wildman–Crippen LogP) is 1.43. The largest absolute Gasteiger partial charge is 0.490 e. The Morgan fingerprint density at radius 2 is 1.93 bits per heavy atom. The molecule has 1 aromatic rings. The number of ether oxygens (including phenoxy) is 2. The number of fused-ring (bicyclic) bond motifs is 1. The molecule has 1 aromatic carbocycles. The van der Waals surface area contributed by atoms with Crippen LogP contribution in [-0.2, 0) is 9.59 Å². The van der Waals surface area contributed by atoms with Crippen molar-refractivity contribution in [2.75, 3.05) is 25.1 Å². The van der Waals surface area contributed by atoms with E-state index < -0.39 is 23.9 Å². The van der Waals surface area contributed by atoms with Gasteiger partial charge >= 0.3 is 12.0 Å². The third kappa shape index (κ3) is 5.10. The van der Waals surface area contributed by atoms with Crippen molar-refractivity contribution in [2.24, 2.45) is 0 Å². The van der Waals surface area contributed by atoms with Crippen molar-refractivity contribution in [1.82, 2.24) is 10.2 Å². The lowest BCUT2D eigenvalue weighted by atomic mass is 10.2. The lowest BCUT2D eigenvalue weighted by Gasteiger charge is -2.25. The summed E-state index contributed by atoms with van der Waals surface area (Å²) >= 11 is 0. The van der Waals surface area contributed by atoms with Crippen molar-refractivity contribution in [2.45, 2.75) is 38.3 Å². The van der Waals surface area contributed by atoms with Crippen molar-refractivity contribution >= 4 is 23.6 Å². The van der Waals surface area contributed by atoms with Gasteiger partial charge in [0.25, 0.3) is 0 Å². The summed E-state index contributed by atoms with van der Waals surface area (Å²) in [7, 11) is 0. The molecule has 0 spiro atoms. The van der Waals surface area contributed by atoms with Gasteiger partial charge in [-0.05, 0) is 31.9 Å². The minimum atomic E-state index is -0.994. The minimum absolute atomic E-state index is 0.0756. The molecular weight excluding hydrogens is 354 g/mol. The van der Waals surface area contributed by atoms with E-state index in [1.54, 1.807) is 23.1 Å². The fourth-order valence-corrected chi connectivity index (χ4v) is 2.87. The van der Waals surface area contributed by atoms with Crippen molar-refractivity contribution in [3.63, 3.8) is 0 Å². The first kappa shape index (κ1) is 19.0. The van der Waals surface area contributed by atoms with Crippen LogP contribution in [0.2, 0.25) is 0 Å². The van der Waals surface area contributed by atoms with E-state index in [1.165, 1.54) is 6.92 Å². The van der Waals surface area contributed by atoms with E-state index in [4.69, 9.17) is 14.6 Å². The monoisotopic (exact) mass is 377 g/mol. The molecule has 1 aliphatic carbocycles. The second kappa shape index (κ2) is 8.26. The third-order valence-corrected chi connectivity index (χ3v) is 4.46. The number of imide groups is 1. The smallest absolute Gasteiger partial charge is 0.325 e. The van der Waals surface area contributed by atoms with Crippen LogP contribution in [0, 0.1) is 0 Å². The van der Waals surface area contributed by atoms with Gasteiger partial charge in [-0.3, -0.25) is 19.8 Å². The summed E-state index contributed by atoms with van der Waals surface area (Å²) in [5.41, 5.74) is 0.461. The van der Waals surface area contributed by atoms with Crippen molar-refractivity contribution in [3.05, 3.63) is 18.2 Å². The summed E-state index contributed by atoms with van der Waals surface area (Å²) in [5, 5.41) is 14.0. The zero-order valence-corrected chi connectivity index (χ0v) is 15.1. The van der Waals surface area contributed by atoms with Crippen LogP contribution in [0.1, 0.15) is 26.2 Å². The number of carbonyl (C=O) groups excluding carboxylic acids is 2. The van der Waals surface area contributed by atoms with Gasteiger partial charge in [0.2, 0.25) is 5.91 Å². The molecule has 3 rings (SSSR count). The molecule has 0 radical (unpaired) electrons. The van der Waals surface area contributed by atoms with Gasteiger partial charge < -0.3 is 19.9 Å². The Balaban J connectivity index is 1.55. The third-order valence-electron chi connectivity index (χ3n) is 4.46. The van der Waals surface area contributed by atoms with Gasteiger partial charge in [0, 0.05) is 24.2 Å². The number of rotatable bonds is 6. The molecule has 0 bridgehead atoms. The molecule has 0 aromatic heterocycles. The van der Waals surface area contributed by atoms with Crippen molar-refractivity contribution < 1.29 is 29.0 Å². The number of amides is 3. The standard InChI is InChI=1S/C18H23N3O6/c1-11(17(23)24)21(13-4-5-13)10-16(22)20-18(25)19-12-3-6-14-15(9-12)27-8-2-7-26-14/h3,6,9,11,13H,2,4-5,7-8,10H2,1H3,(H,23,24)(H2,19,20,22,25). The topological polar surface area (TPSA) is 117 Å². The molecule has 3 amide bonds. The molecule has 1 unspecified atom stereocenters. The first-order valence-corrected chi connectivity index (χ1v) is 8.93. The summed E-state index contributed by atoms with van der Waals surface area (Å²) in [6.45, 7) is 2.49. The molecule has 146 valence electrons. The Morgan fingerprint density at radius 3 is 2.59 bits per heavy atom. The highest BCUT2D eigenvalue weighted by Crippen LogP contribution is 2.32. The number of nitrogens with one attached hydrogen (secondary N) is 2. The fraction of sp³-hybridized carbons (Fsp3) is 0.500. The fourth-order valence-electron chi connectivity index (χ4n) is 2.87. The zero-order valence-electron chi connectivity index (χ0n) is 15.1.